The van der Waals surface area contributed by atoms with Gasteiger partial charge in [-0.05, 0) is 50.1 Å². The van der Waals surface area contributed by atoms with Crippen LogP contribution < -0.4 is 5.32 Å². The van der Waals surface area contributed by atoms with E-state index in [-0.39, 0.29) is 24.5 Å². The Labute approximate surface area is 195 Å². The lowest BCUT2D eigenvalue weighted by Gasteiger charge is -2.38. The molecule has 172 valence electrons. The molecule has 0 saturated carbocycles. The Hall–Kier alpha value is -3.54. The number of carbonyl (C=O) groups excluding carboxylic acids is 2. The van der Waals surface area contributed by atoms with Gasteiger partial charge in [0.2, 0.25) is 5.91 Å². The first kappa shape index (κ1) is 22.6. The second-order valence-electron chi connectivity index (χ2n) is 8.74. The lowest BCUT2D eigenvalue weighted by Crippen LogP contribution is -2.48. The van der Waals surface area contributed by atoms with Crippen molar-refractivity contribution in [2.75, 3.05) is 25.0 Å². The number of aryl methyl sites for hydroxylation is 2. The molecule has 0 saturated heterocycles. The Morgan fingerprint density at radius 3 is 2.30 bits per heavy atom. The summed E-state index contributed by atoms with van der Waals surface area (Å²) in [7, 11) is 0. The Kier molecular flexibility index (Phi) is 6.82. The van der Waals surface area contributed by atoms with Gasteiger partial charge in [-0.15, -0.1) is 0 Å². The number of benzene rings is 2. The maximum absolute atomic E-state index is 13.6. The van der Waals surface area contributed by atoms with E-state index in [2.05, 4.69) is 53.3 Å². The van der Waals surface area contributed by atoms with E-state index in [1.165, 1.54) is 5.56 Å². The van der Waals surface area contributed by atoms with Crippen LogP contribution in [0.2, 0.25) is 0 Å². The molecule has 0 fully saturated rings. The minimum atomic E-state index is -0.249. The minimum absolute atomic E-state index is 0.0412. The van der Waals surface area contributed by atoms with Gasteiger partial charge in [0.15, 0.2) is 0 Å². The van der Waals surface area contributed by atoms with E-state index in [0.717, 1.165) is 35.5 Å². The molecule has 1 unspecified atom stereocenters. The highest BCUT2D eigenvalue weighted by molar-refractivity contribution is 5.92. The standard InChI is InChI=1S/C27H32N4O2/c1-4-15-30(27(33)28-23-13-9-21(3)10-14-23)19-25(32)31-18-17-29-16-5-6-24(29)26(31)22-11-7-20(2)8-12-22/h5-14,16,26H,4,15,17-19H2,1-3H3,(H,28,33). The van der Waals surface area contributed by atoms with Gasteiger partial charge >= 0.3 is 6.03 Å². The van der Waals surface area contributed by atoms with Crippen LogP contribution in [0.15, 0.2) is 66.9 Å². The molecule has 1 atom stereocenters. The van der Waals surface area contributed by atoms with Gasteiger partial charge < -0.3 is 19.7 Å². The van der Waals surface area contributed by atoms with E-state index < -0.39 is 0 Å². The van der Waals surface area contributed by atoms with Gasteiger partial charge in [0.25, 0.3) is 0 Å². The number of fused-ring (bicyclic) bond motifs is 1. The zero-order chi connectivity index (χ0) is 23.4. The summed E-state index contributed by atoms with van der Waals surface area (Å²) in [5.74, 6) is -0.0412. The number of anilines is 1. The Balaban J connectivity index is 1.54. The Morgan fingerprint density at radius 2 is 1.64 bits per heavy atom. The Morgan fingerprint density at radius 1 is 0.970 bits per heavy atom. The van der Waals surface area contributed by atoms with Crippen molar-refractivity contribution < 1.29 is 9.59 Å². The molecule has 4 rings (SSSR count). The molecule has 2 heterocycles. The normalized spacial score (nSPS) is 15.1. The number of rotatable bonds is 6. The fourth-order valence-electron chi connectivity index (χ4n) is 4.37. The van der Waals surface area contributed by atoms with Crippen LogP contribution in [0.5, 0.6) is 0 Å². The lowest BCUT2D eigenvalue weighted by atomic mass is 9.98. The van der Waals surface area contributed by atoms with Crippen molar-refractivity contribution in [2.45, 2.75) is 39.8 Å². The molecule has 1 aliphatic rings. The van der Waals surface area contributed by atoms with Crippen LogP contribution in [0.25, 0.3) is 0 Å². The lowest BCUT2D eigenvalue weighted by molar-refractivity contribution is -0.134. The third kappa shape index (κ3) is 5.11. The van der Waals surface area contributed by atoms with Crippen molar-refractivity contribution in [1.82, 2.24) is 14.4 Å². The second-order valence-corrected chi connectivity index (χ2v) is 8.74. The van der Waals surface area contributed by atoms with Crippen LogP contribution in [-0.2, 0) is 11.3 Å². The number of nitrogens with zero attached hydrogens (tertiary/aromatic N) is 3. The predicted octanol–water partition coefficient (Wildman–Crippen LogP) is 4.98. The van der Waals surface area contributed by atoms with Gasteiger partial charge in [-0.25, -0.2) is 4.79 Å². The third-order valence-corrected chi connectivity index (χ3v) is 6.16. The number of aromatic nitrogens is 1. The van der Waals surface area contributed by atoms with Crippen LogP contribution in [-0.4, -0.2) is 45.9 Å². The van der Waals surface area contributed by atoms with Crippen LogP contribution in [0.3, 0.4) is 0 Å². The molecule has 2 aromatic carbocycles. The second kappa shape index (κ2) is 9.94. The first-order chi connectivity index (χ1) is 16.0. The molecule has 33 heavy (non-hydrogen) atoms. The fourth-order valence-corrected chi connectivity index (χ4v) is 4.37. The van der Waals surface area contributed by atoms with Gasteiger partial charge in [0.1, 0.15) is 6.54 Å². The molecule has 1 aliphatic heterocycles. The largest absolute Gasteiger partial charge is 0.348 e. The van der Waals surface area contributed by atoms with Gasteiger partial charge in [0, 0.05) is 37.2 Å². The van der Waals surface area contributed by atoms with Crippen molar-refractivity contribution in [1.29, 1.82) is 0 Å². The Bertz CT molecular complexity index is 1100. The molecule has 3 aromatic rings. The summed E-state index contributed by atoms with van der Waals surface area (Å²) in [5, 5.41) is 2.94. The van der Waals surface area contributed by atoms with Gasteiger partial charge in [-0.1, -0.05) is 54.4 Å². The molecule has 1 aromatic heterocycles. The van der Waals surface area contributed by atoms with Crippen molar-refractivity contribution in [2.24, 2.45) is 0 Å². The van der Waals surface area contributed by atoms with Crippen molar-refractivity contribution in [3.63, 3.8) is 0 Å². The summed E-state index contributed by atoms with van der Waals surface area (Å²) in [6, 6.07) is 19.7. The quantitative estimate of drug-likeness (QED) is 0.583. The highest BCUT2D eigenvalue weighted by Gasteiger charge is 2.33. The minimum Gasteiger partial charge on any atom is -0.348 e. The van der Waals surface area contributed by atoms with Crippen LogP contribution in [0.1, 0.15) is 41.8 Å². The third-order valence-electron chi connectivity index (χ3n) is 6.16. The number of carbonyl (C=O) groups is 2. The number of hydrogen-bond donors (Lipinski definition) is 1. The summed E-state index contributed by atoms with van der Waals surface area (Å²) in [4.78, 5) is 30.1. The number of hydrogen-bond acceptors (Lipinski definition) is 2. The van der Waals surface area contributed by atoms with E-state index in [1.54, 1.807) is 4.90 Å². The van der Waals surface area contributed by atoms with E-state index in [9.17, 15) is 9.59 Å². The van der Waals surface area contributed by atoms with Crippen molar-refractivity contribution >= 4 is 17.6 Å². The molecule has 0 aliphatic carbocycles. The molecular formula is C27H32N4O2. The maximum Gasteiger partial charge on any atom is 0.322 e. The summed E-state index contributed by atoms with van der Waals surface area (Å²) < 4.78 is 2.21. The summed E-state index contributed by atoms with van der Waals surface area (Å²) in [5.41, 5.74) is 5.23. The van der Waals surface area contributed by atoms with Crippen LogP contribution in [0.4, 0.5) is 10.5 Å². The van der Waals surface area contributed by atoms with Crippen molar-refractivity contribution in [3.8, 4) is 0 Å². The van der Waals surface area contributed by atoms with Gasteiger partial charge in [0.05, 0.1) is 6.04 Å². The average Bonchev–Trinajstić information content (AvgIpc) is 3.29. The molecule has 1 N–H and O–H groups in total. The monoisotopic (exact) mass is 444 g/mol. The van der Waals surface area contributed by atoms with Gasteiger partial charge in [-0.2, -0.15) is 0 Å². The molecule has 0 spiro atoms. The van der Waals surface area contributed by atoms with Crippen LogP contribution in [0, 0.1) is 13.8 Å². The molecule has 6 nitrogen and oxygen atoms in total. The van der Waals surface area contributed by atoms with Crippen LogP contribution >= 0.6 is 0 Å². The molecule has 6 heteroatoms. The van der Waals surface area contributed by atoms with E-state index in [1.807, 2.05) is 49.1 Å². The maximum atomic E-state index is 13.6. The molecular weight excluding hydrogens is 412 g/mol. The van der Waals surface area contributed by atoms with Gasteiger partial charge in [-0.3, -0.25) is 4.79 Å². The molecule has 0 radical (unpaired) electrons. The van der Waals surface area contributed by atoms with E-state index in [4.69, 9.17) is 0 Å². The van der Waals surface area contributed by atoms with E-state index in [0.29, 0.717) is 13.1 Å². The zero-order valence-corrected chi connectivity index (χ0v) is 19.6. The first-order valence-electron chi connectivity index (χ1n) is 11.6. The zero-order valence-electron chi connectivity index (χ0n) is 19.6. The molecule has 3 amide bonds. The fraction of sp³-hybridized carbons (Fsp3) is 0.333. The topological polar surface area (TPSA) is 57.6 Å². The first-order valence-corrected chi connectivity index (χ1v) is 11.6. The number of amides is 3. The highest BCUT2D eigenvalue weighted by atomic mass is 16.2. The number of urea groups is 1. The smallest absolute Gasteiger partial charge is 0.322 e. The van der Waals surface area contributed by atoms with E-state index >= 15 is 0 Å². The number of nitrogens with one attached hydrogen (secondary N) is 1. The average molecular weight is 445 g/mol. The summed E-state index contributed by atoms with van der Waals surface area (Å²) >= 11 is 0. The SMILES string of the molecule is CCCN(CC(=O)N1CCn2cccc2C1c1ccc(C)cc1)C(=O)Nc1ccc(C)cc1. The molecule has 0 bridgehead atoms. The highest BCUT2D eigenvalue weighted by Crippen LogP contribution is 2.32. The summed E-state index contributed by atoms with van der Waals surface area (Å²) in [6.07, 6.45) is 2.84. The predicted molar refractivity (Wildman–Crippen MR) is 131 cm³/mol. The van der Waals surface area contributed by atoms with Crippen molar-refractivity contribution in [3.05, 3.63) is 89.2 Å². The summed E-state index contributed by atoms with van der Waals surface area (Å²) in [6.45, 7) is 8.01.